The van der Waals surface area contributed by atoms with Crippen molar-refractivity contribution in [3.8, 4) is 17.2 Å². The summed E-state index contributed by atoms with van der Waals surface area (Å²) >= 11 is 0. The monoisotopic (exact) mass is 313 g/mol. The molecule has 1 N–H and O–H groups in total. The highest BCUT2D eigenvalue weighted by Crippen LogP contribution is 2.32. The molecule has 1 heterocycles. The van der Waals surface area contributed by atoms with Crippen molar-refractivity contribution in [3.63, 3.8) is 0 Å². The van der Waals surface area contributed by atoms with E-state index in [2.05, 4.69) is 18.3 Å². The molecule has 1 aliphatic heterocycles. The first-order valence-corrected chi connectivity index (χ1v) is 7.55. The quantitative estimate of drug-likeness (QED) is 0.922. The van der Waals surface area contributed by atoms with E-state index in [1.54, 1.807) is 25.3 Å². The molecule has 0 aliphatic carbocycles. The second kappa shape index (κ2) is 6.60. The second-order valence-electron chi connectivity index (χ2n) is 5.25. The number of aryl methyl sites for hydroxylation is 1. The summed E-state index contributed by atoms with van der Waals surface area (Å²) in [5.41, 5.74) is 2.72. The number of carbonyl (C=O) groups excluding carboxylic acids is 1. The van der Waals surface area contributed by atoms with Gasteiger partial charge < -0.3 is 19.5 Å². The summed E-state index contributed by atoms with van der Waals surface area (Å²) in [4.78, 5) is 12.3. The molecular weight excluding hydrogens is 294 g/mol. The van der Waals surface area contributed by atoms with Gasteiger partial charge in [0.2, 0.25) is 6.79 Å². The van der Waals surface area contributed by atoms with Crippen molar-refractivity contribution in [1.29, 1.82) is 0 Å². The van der Waals surface area contributed by atoms with Crippen LogP contribution in [-0.2, 0) is 13.0 Å². The van der Waals surface area contributed by atoms with Crippen molar-refractivity contribution < 1.29 is 19.0 Å². The average molecular weight is 313 g/mol. The lowest BCUT2D eigenvalue weighted by Crippen LogP contribution is -2.22. The molecule has 0 spiro atoms. The highest BCUT2D eigenvalue weighted by Gasteiger charge is 2.16. The summed E-state index contributed by atoms with van der Waals surface area (Å²) in [5.74, 6) is 2.01. The third-order valence-corrected chi connectivity index (χ3v) is 3.81. The van der Waals surface area contributed by atoms with Crippen LogP contribution in [0.1, 0.15) is 28.4 Å². The van der Waals surface area contributed by atoms with Gasteiger partial charge in [-0.1, -0.05) is 19.1 Å². The van der Waals surface area contributed by atoms with Gasteiger partial charge in [-0.3, -0.25) is 4.79 Å². The molecule has 120 valence electrons. The van der Waals surface area contributed by atoms with Crippen LogP contribution >= 0.6 is 0 Å². The molecule has 0 saturated carbocycles. The molecule has 0 unspecified atom stereocenters. The zero-order valence-electron chi connectivity index (χ0n) is 13.2. The number of benzene rings is 2. The molecule has 1 amide bonds. The number of fused-ring (bicyclic) bond motifs is 1. The first-order valence-electron chi connectivity index (χ1n) is 7.55. The lowest BCUT2D eigenvalue weighted by Gasteiger charge is -2.10. The maximum absolute atomic E-state index is 12.3. The number of methoxy groups -OCH3 is 1. The molecule has 0 radical (unpaired) electrons. The van der Waals surface area contributed by atoms with Gasteiger partial charge in [0, 0.05) is 12.1 Å². The van der Waals surface area contributed by atoms with Crippen LogP contribution in [0.15, 0.2) is 36.4 Å². The molecule has 5 nitrogen and oxygen atoms in total. The van der Waals surface area contributed by atoms with E-state index in [9.17, 15) is 4.79 Å². The van der Waals surface area contributed by atoms with Crippen LogP contribution in [0.25, 0.3) is 0 Å². The Balaban J connectivity index is 1.67. The van der Waals surface area contributed by atoms with Crippen LogP contribution in [0, 0.1) is 0 Å². The van der Waals surface area contributed by atoms with E-state index in [0.29, 0.717) is 23.6 Å². The van der Waals surface area contributed by atoms with Crippen LogP contribution in [0.5, 0.6) is 17.2 Å². The Labute approximate surface area is 135 Å². The number of amides is 1. The molecule has 0 bridgehead atoms. The van der Waals surface area contributed by atoms with E-state index in [1.165, 1.54) is 0 Å². The van der Waals surface area contributed by atoms with Crippen LogP contribution in [0.3, 0.4) is 0 Å². The third-order valence-electron chi connectivity index (χ3n) is 3.81. The van der Waals surface area contributed by atoms with Crippen molar-refractivity contribution in [2.24, 2.45) is 0 Å². The van der Waals surface area contributed by atoms with E-state index < -0.39 is 0 Å². The molecule has 0 saturated heterocycles. The van der Waals surface area contributed by atoms with E-state index in [0.717, 1.165) is 23.3 Å². The third kappa shape index (κ3) is 3.23. The lowest BCUT2D eigenvalue weighted by atomic mass is 10.1. The molecule has 3 rings (SSSR count). The maximum atomic E-state index is 12.3. The number of nitrogens with one attached hydrogen (secondary N) is 1. The average Bonchev–Trinajstić information content (AvgIpc) is 3.06. The molecule has 0 fully saturated rings. The van der Waals surface area contributed by atoms with Crippen LogP contribution in [0.4, 0.5) is 0 Å². The fourth-order valence-electron chi connectivity index (χ4n) is 2.54. The summed E-state index contributed by atoms with van der Waals surface area (Å²) in [5, 5.41) is 2.92. The van der Waals surface area contributed by atoms with Crippen molar-refractivity contribution in [2.45, 2.75) is 19.9 Å². The molecule has 0 aromatic heterocycles. The number of carbonyl (C=O) groups is 1. The highest BCUT2D eigenvalue weighted by molar-refractivity contribution is 5.94. The number of ether oxygens (including phenoxy) is 3. The highest BCUT2D eigenvalue weighted by atomic mass is 16.7. The molecule has 2 aromatic rings. The van der Waals surface area contributed by atoms with Gasteiger partial charge in [-0.15, -0.1) is 0 Å². The van der Waals surface area contributed by atoms with Crippen LogP contribution < -0.4 is 19.5 Å². The van der Waals surface area contributed by atoms with Gasteiger partial charge in [-0.2, -0.15) is 0 Å². The summed E-state index contributed by atoms with van der Waals surface area (Å²) < 4.78 is 15.9. The van der Waals surface area contributed by atoms with Crippen molar-refractivity contribution in [1.82, 2.24) is 5.32 Å². The normalized spacial score (nSPS) is 12.1. The standard InChI is InChI=1S/C18H19NO4/c1-3-13-8-12(4-6-15(13)21-2)10-19-18(20)14-5-7-16-17(9-14)23-11-22-16/h4-9H,3,10-11H2,1-2H3,(H,19,20). The van der Waals surface area contributed by atoms with E-state index in [1.807, 2.05) is 12.1 Å². The van der Waals surface area contributed by atoms with E-state index in [-0.39, 0.29) is 12.7 Å². The predicted molar refractivity (Wildman–Crippen MR) is 86.1 cm³/mol. The molecular formula is C18H19NO4. The minimum atomic E-state index is -0.142. The SMILES string of the molecule is CCc1cc(CNC(=O)c2ccc3c(c2)OCO3)ccc1OC. The fourth-order valence-corrected chi connectivity index (χ4v) is 2.54. The van der Waals surface area contributed by atoms with Gasteiger partial charge >= 0.3 is 0 Å². The second-order valence-corrected chi connectivity index (χ2v) is 5.25. The summed E-state index contributed by atoms with van der Waals surface area (Å²) in [6.45, 7) is 2.74. The minimum Gasteiger partial charge on any atom is -0.496 e. The minimum absolute atomic E-state index is 0.142. The number of rotatable bonds is 5. The van der Waals surface area contributed by atoms with Crippen molar-refractivity contribution in [2.75, 3.05) is 13.9 Å². The Morgan fingerprint density at radius 2 is 2.00 bits per heavy atom. The molecule has 23 heavy (non-hydrogen) atoms. The smallest absolute Gasteiger partial charge is 0.251 e. The Morgan fingerprint density at radius 3 is 2.78 bits per heavy atom. The Bertz CT molecular complexity index is 727. The fraction of sp³-hybridized carbons (Fsp3) is 0.278. The number of hydrogen-bond acceptors (Lipinski definition) is 4. The van der Waals surface area contributed by atoms with E-state index >= 15 is 0 Å². The van der Waals surface area contributed by atoms with Gasteiger partial charge in [0.25, 0.3) is 5.91 Å². The Hall–Kier alpha value is -2.69. The maximum Gasteiger partial charge on any atom is 0.251 e. The largest absolute Gasteiger partial charge is 0.496 e. The first-order chi connectivity index (χ1) is 11.2. The summed E-state index contributed by atoms with van der Waals surface area (Å²) in [7, 11) is 1.66. The zero-order valence-corrected chi connectivity index (χ0v) is 13.2. The Morgan fingerprint density at radius 1 is 1.17 bits per heavy atom. The van der Waals surface area contributed by atoms with E-state index in [4.69, 9.17) is 14.2 Å². The summed E-state index contributed by atoms with van der Waals surface area (Å²) in [6, 6.07) is 11.1. The van der Waals surface area contributed by atoms with Gasteiger partial charge in [0.1, 0.15) is 5.75 Å². The molecule has 2 aromatic carbocycles. The van der Waals surface area contributed by atoms with Crippen molar-refractivity contribution in [3.05, 3.63) is 53.1 Å². The van der Waals surface area contributed by atoms with Gasteiger partial charge in [-0.05, 0) is 41.8 Å². The summed E-state index contributed by atoms with van der Waals surface area (Å²) in [6.07, 6.45) is 0.882. The first kappa shape index (κ1) is 15.2. The zero-order chi connectivity index (χ0) is 16.2. The van der Waals surface area contributed by atoms with Crippen LogP contribution in [0.2, 0.25) is 0 Å². The predicted octanol–water partition coefficient (Wildman–Crippen LogP) is 2.92. The van der Waals surface area contributed by atoms with Gasteiger partial charge in [0.05, 0.1) is 7.11 Å². The lowest BCUT2D eigenvalue weighted by molar-refractivity contribution is 0.0950. The molecule has 0 atom stereocenters. The van der Waals surface area contributed by atoms with Gasteiger partial charge in [-0.25, -0.2) is 0 Å². The van der Waals surface area contributed by atoms with Crippen LogP contribution in [-0.4, -0.2) is 19.8 Å². The molecule has 5 heteroatoms. The Kier molecular flexibility index (Phi) is 4.37. The van der Waals surface area contributed by atoms with Gasteiger partial charge in [0.15, 0.2) is 11.5 Å². The topological polar surface area (TPSA) is 56.8 Å². The number of hydrogen-bond donors (Lipinski definition) is 1. The molecule has 1 aliphatic rings. The van der Waals surface area contributed by atoms with Crippen molar-refractivity contribution >= 4 is 5.91 Å².